The Kier molecular flexibility index (Phi) is 6.89. The molecule has 0 saturated heterocycles. The Bertz CT molecular complexity index is 479. The first kappa shape index (κ1) is 15.8. The fourth-order valence-electron chi connectivity index (χ4n) is 1.47. The van der Waals surface area contributed by atoms with Crippen LogP contribution in [-0.2, 0) is 9.53 Å². The maximum atomic E-state index is 10.9. The van der Waals surface area contributed by atoms with Gasteiger partial charge >= 0.3 is 5.97 Å². The zero-order chi connectivity index (χ0) is 14.8. The van der Waals surface area contributed by atoms with E-state index in [1.54, 1.807) is 24.3 Å². The average Bonchev–Trinajstić information content (AvgIpc) is 2.48. The van der Waals surface area contributed by atoms with Crippen LogP contribution in [0.2, 0.25) is 0 Å². The molecule has 0 radical (unpaired) electrons. The molecule has 108 valence electrons. The maximum Gasteiger partial charge on any atom is 0.330 e. The molecule has 0 aliphatic heterocycles. The Labute approximate surface area is 118 Å². The first-order valence-corrected chi connectivity index (χ1v) is 6.30. The molecule has 20 heavy (non-hydrogen) atoms. The summed E-state index contributed by atoms with van der Waals surface area (Å²) in [6, 6.07) is 4.99. The molecule has 0 atom stereocenters. The molecule has 1 rings (SSSR count). The van der Waals surface area contributed by atoms with E-state index in [1.807, 2.05) is 6.92 Å². The molecule has 0 fully saturated rings. The molecule has 0 aliphatic rings. The number of esters is 1. The highest BCUT2D eigenvalue weighted by atomic mass is 16.5. The van der Waals surface area contributed by atoms with Crippen molar-refractivity contribution in [1.29, 1.82) is 0 Å². The van der Waals surface area contributed by atoms with Crippen LogP contribution in [0.15, 0.2) is 30.4 Å². The van der Waals surface area contributed by atoms with Crippen LogP contribution in [-0.4, -0.2) is 32.6 Å². The monoisotopic (exact) mass is 278 g/mol. The first-order valence-electron chi connectivity index (χ1n) is 6.30. The third kappa shape index (κ3) is 5.14. The van der Waals surface area contributed by atoms with Crippen LogP contribution < -0.4 is 9.47 Å². The van der Waals surface area contributed by atoms with Gasteiger partial charge in [0.15, 0.2) is 11.5 Å². The van der Waals surface area contributed by atoms with E-state index >= 15 is 0 Å². The predicted molar refractivity (Wildman–Crippen MR) is 74.3 cm³/mol. The number of hydrogen-bond acceptors (Lipinski definition) is 5. The predicted octanol–water partition coefficient (Wildman–Crippen LogP) is 2.40. The third-order valence-electron chi connectivity index (χ3n) is 2.40. The van der Waals surface area contributed by atoms with Crippen molar-refractivity contribution in [2.45, 2.75) is 13.3 Å². The van der Waals surface area contributed by atoms with Crippen LogP contribution in [0.3, 0.4) is 0 Å². The Balaban J connectivity index is 2.56. The Morgan fingerprint density at radius 1 is 1.25 bits per heavy atom. The van der Waals surface area contributed by atoms with Crippen LogP contribution in [0.25, 0.3) is 0 Å². The van der Waals surface area contributed by atoms with Gasteiger partial charge in [-0.25, -0.2) is 4.79 Å². The average molecular weight is 278 g/mol. The number of ether oxygens (including phenoxy) is 3. The number of hydrogen-bond donors (Lipinski definition) is 0. The van der Waals surface area contributed by atoms with Gasteiger partial charge in [-0.2, -0.15) is 0 Å². The van der Waals surface area contributed by atoms with E-state index in [9.17, 15) is 9.59 Å². The van der Waals surface area contributed by atoms with Gasteiger partial charge in [0.25, 0.3) is 0 Å². The van der Waals surface area contributed by atoms with Crippen molar-refractivity contribution in [1.82, 2.24) is 0 Å². The van der Waals surface area contributed by atoms with Gasteiger partial charge in [-0.05, 0) is 31.5 Å². The van der Waals surface area contributed by atoms with Crippen LogP contribution >= 0.6 is 0 Å². The van der Waals surface area contributed by atoms with Crippen molar-refractivity contribution in [3.05, 3.63) is 35.9 Å². The fourth-order valence-corrected chi connectivity index (χ4v) is 1.47. The second-order valence-corrected chi connectivity index (χ2v) is 3.82. The smallest absolute Gasteiger partial charge is 0.330 e. The summed E-state index contributed by atoms with van der Waals surface area (Å²) in [5.41, 5.74) is 0.534. The molecule has 1 aromatic rings. The van der Waals surface area contributed by atoms with E-state index in [0.717, 1.165) is 6.29 Å². The Morgan fingerprint density at radius 2 is 2.05 bits per heavy atom. The molecule has 0 aromatic heterocycles. The summed E-state index contributed by atoms with van der Waals surface area (Å²) in [5.74, 6) is 0.716. The van der Waals surface area contributed by atoms with E-state index in [1.165, 1.54) is 13.2 Å². The summed E-state index contributed by atoms with van der Waals surface area (Å²) in [4.78, 5) is 21.6. The lowest BCUT2D eigenvalue weighted by atomic mass is 10.2. The van der Waals surface area contributed by atoms with Crippen LogP contribution in [0.1, 0.15) is 23.7 Å². The largest absolute Gasteiger partial charge is 0.490 e. The number of methoxy groups -OCH3 is 1. The second kappa shape index (κ2) is 8.74. The summed E-state index contributed by atoms with van der Waals surface area (Å²) >= 11 is 0. The molecular weight excluding hydrogens is 260 g/mol. The molecule has 0 bridgehead atoms. The molecule has 0 amide bonds. The van der Waals surface area contributed by atoms with E-state index in [2.05, 4.69) is 4.74 Å². The van der Waals surface area contributed by atoms with Crippen molar-refractivity contribution in [2.75, 3.05) is 20.3 Å². The van der Waals surface area contributed by atoms with E-state index in [4.69, 9.17) is 9.47 Å². The van der Waals surface area contributed by atoms with Crippen molar-refractivity contribution in [3.63, 3.8) is 0 Å². The van der Waals surface area contributed by atoms with Gasteiger partial charge in [-0.3, -0.25) is 4.79 Å². The van der Waals surface area contributed by atoms with Gasteiger partial charge in [0.05, 0.1) is 20.3 Å². The highest BCUT2D eigenvalue weighted by Crippen LogP contribution is 2.28. The van der Waals surface area contributed by atoms with Gasteiger partial charge in [0.2, 0.25) is 0 Å². The lowest BCUT2D eigenvalue weighted by Gasteiger charge is -2.11. The number of rotatable bonds is 8. The van der Waals surface area contributed by atoms with Crippen molar-refractivity contribution >= 4 is 12.3 Å². The van der Waals surface area contributed by atoms with Crippen molar-refractivity contribution < 1.29 is 23.8 Å². The fraction of sp³-hybridized carbons (Fsp3) is 0.333. The summed E-state index contributed by atoms with van der Waals surface area (Å²) < 4.78 is 15.4. The minimum atomic E-state index is -0.393. The molecule has 5 nitrogen and oxygen atoms in total. The molecule has 5 heteroatoms. The lowest BCUT2D eigenvalue weighted by Crippen LogP contribution is -2.01. The molecular formula is C15H18O5. The van der Waals surface area contributed by atoms with Gasteiger partial charge in [0.1, 0.15) is 6.29 Å². The molecule has 0 N–H and O–H groups in total. The van der Waals surface area contributed by atoms with Crippen molar-refractivity contribution in [2.24, 2.45) is 0 Å². The minimum absolute atomic E-state index is 0.393. The van der Waals surface area contributed by atoms with Crippen LogP contribution in [0, 0.1) is 0 Å². The number of benzene rings is 1. The summed E-state index contributed by atoms with van der Waals surface area (Å²) in [6.45, 7) is 2.74. The van der Waals surface area contributed by atoms with Gasteiger partial charge in [0, 0.05) is 11.6 Å². The normalized spacial score (nSPS) is 10.3. The van der Waals surface area contributed by atoms with Gasteiger partial charge in [-0.15, -0.1) is 0 Å². The summed E-state index contributed by atoms with van der Waals surface area (Å²) in [5, 5.41) is 0. The molecule has 0 spiro atoms. The quantitative estimate of drug-likeness (QED) is 0.316. The van der Waals surface area contributed by atoms with Crippen LogP contribution in [0.4, 0.5) is 0 Å². The molecule has 0 heterocycles. The molecule has 0 saturated carbocycles. The SMILES string of the molecule is CCOc1cc(C=O)ccc1OCCC=CC(=O)OC. The number of carbonyl (C=O) groups is 2. The van der Waals surface area contributed by atoms with Gasteiger partial charge in [-0.1, -0.05) is 6.08 Å². The Morgan fingerprint density at radius 3 is 2.70 bits per heavy atom. The summed E-state index contributed by atoms with van der Waals surface area (Å²) in [7, 11) is 1.33. The van der Waals surface area contributed by atoms with E-state index in [-0.39, 0.29) is 0 Å². The standard InChI is InChI=1S/C15H18O5/c1-3-19-14-10-12(11-16)7-8-13(14)20-9-5-4-6-15(17)18-2/h4,6-8,10-11H,3,5,9H2,1-2H3. The zero-order valence-electron chi connectivity index (χ0n) is 11.6. The number of carbonyl (C=O) groups excluding carboxylic acids is 2. The summed E-state index contributed by atoms with van der Waals surface area (Å²) in [6.07, 6.45) is 4.34. The highest BCUT2D eigenvalue weighted by Gasteiger charge is 2.05. The third-order valence-corrected chi connectivity index (χ3v) is 2.40. The molecule has 0 aliphatic carbocycles. The number of aldehydes is 1. The lowest BCUT2D eigenvalue weighted by molar-refractivity contribution is -0.134. The van der Waals surface area contributed by atoms with E-state index in [0.29, 0.717) is 36.7 Å². The topological polar surface area (TPSA) is 61.8 Å². The van der Waals surface area contributed by atoms with Crippen molar-refractivity contribution in [3.8, 4) is 11.5 Å². The van der Waals surface area contributed by atoms with Crippen LogP contribution in [0.5, 0.6) is 11.5 Å². The first-order chi connectivity index (χ1) is 9.71. The zero-order valence-corrected chi connectivity index (χ0v) is 11.6. The highest BCUT2D eigenvalue weighted by molar-refractivity contribution is 5.81. The second-order valence-electron chi connectivity index (χ2n) is 3.82. The Hall–Kier alpha value is -2.30. The maximum absolute atomic E-state index is 10.9. The van der Waals surface area contributed by atoms with Gasteiger partial charge < -0.3 is 14.2 Å². The van der Waals surface area contributed by atoms with E-state index < -0.39 is 5.97 Å². The molecule has 0 unspecified atom stereocenters. The molecule has 1 aromatic carbocycles. The minimum Gasteiger partial charge on any atom is -0.490 e.